The molecule has 2 saturated heterocycles. The van der Waals surface area contributed by atoms with E-state index in [2.05, 4.69) is 10.3 Å². The molecule has 6 nitrogen and oxygen atoms in total. The standard InChI is InChI=1S/C22H21ClFN3O3S/c23-14-3-7-17(8-4-14)26-22-27(13-18-2-1-11-30-18)21(29)19(31-22)12-20(28)25-16-9-5-15(24)6-10-16/h3-10,18-19H,1-2,11-13H2,(H,25,28)/t18-,19+/m1/s1. The molecule has 0 radical (unpaired) electrons. The van der Waals surface area contributed by atoms with E-state index in [9.17, 15) is 14.0 Å². The Morgan fingerprint density at radius 2 is 1.97 bits per heavy atom. The van der Waals surface area contributed by atoms with Crippen molar-refractivity contribution in [3.8, 4) is 0 Å². The highest BCUT2D eigenvalue weighted by Crippen LogP contribution is 2.33. The van der Waals surface area contributed by atoms with Crippen LogP contribution in [0.2, 0.25) is 5.02 Å². The number of halogens is 2. The lowest BCUT2D eigenvalue weighted by Crippen LogP contribution is -2.38. The molecule has 0 spiro atoms. The average molecular weight is 462 g/mol. The lowest BCUT2D eigenvalue weighted by atomic mass is 10.2. The molecule has 31 heavy (non-hydrogen) atoms. The molecule has 0 unspecified atom stereocenters. The summed E-state index contributed by atoms with van der Waals surface area (Å²) in [5.41, 5.74) is 1.15. The minimum absolute atomic E-state index is 0.0114. The van der Waals surface area contributed by atoms with Crippen LogP contribution in [-0.4, -0.2) is 46.4 Å². The molecule has 2 fully saturated rings. The third kappa shape index (κ3) is 5.64. The first-order valence-corrected chi connectivity index (χ1v) is 11.2. The molecule has 2 aromatic carbocycles. The number of benzene rings is 2. The van der Waals surface area contributed by atoms with Crippen LogP contribution in [0.5, 0.6) is 0 Å². The van der Waals surface area contributed by atoms with Crippen LogP contribution in [0.3, 0.4) is 0 Å². The molecule has 2 aromatic rings. The van der Waals surface area contributed by atoms with Gasteiger partial charge in [0.25, 0.3) is 0 Å². The summed E-state index contributed by atoms with van der Waals surface area (Å²) in [5.74, 6) is -0.864. The van der Waals surface area contributed by atoms with E-state index in [1.807, 2.05) is 0 Å². The second-order valence-electron chi connectivity index (χ2n) is 7.32. The zero-order valence-corrected chi connectivity index (χ0v) is 18.2. The summed E-state index contributed by atoms with van der Waals surface area (Å²) in [6, 6.07) is 12.5. The van der Waals surface area contributed by atoms with Crippen molar-refractivity contribution in [1.82, 2.24) is 4.90 Å². The molecule has 2 aliphatic heterocycles. The Hall–Kier alpha value is -2.42. The van der Waals surface area contributed by atoms with Gasteiger partial charge in [-0.05, 0) is 61.4 Å². The summed E-state index contributed by atoms with van der Waals surface area (Å²) in [6.07, 6.45) is 1.81. The largest absolute Gasteiger partial charge is 0.376 e. The third-order valence-electron chi connectivity index (χ3n) is 4.98. The predicted octanol–water partition coefficient (Wildman–Crippen LogP) is 4.62. The van der Waals surface area contributed by atoms with Gasteiger partial charge in [0.05, 0.1) is 18.3 Å². The van der Waals surface area contributed by atoms with Gasteiger partial charge in [-0.2, -0.15) is 0 Å². The molecular weight excluding hydrogens is 441 g/mol. The van der Waals surface area contributed by atoms with E-state index in [1.54, 1.807) is 29.2 Å². The van der Waals surface area contributed by atoms with Gasteiger partial charge in [0.15, 0.2) is 5.17 Å². The van der Waals surface area contributed by atoms with Gasteiger partial charge in [-0.25, -0.2) is 9.38 Å². The van der Waals surface area contributed by atoms with Crippen LogP contribution in [-0.2, 0) is 14.3 Å². The Bertz CT molecular complexity index is 979. The van der Waals surface area contributed by atoms with Gasteiger partial charge in [0, 0.05) is 23.7 Å². The number of carbonyl (C=O) groups is 2. The number of amides is 2. The zero-order valence-electron chi connectivity index (χ0n) is 16.6. The van der Waals surface area contributed by atoms with E-state index in [-0.39, 0.29) is 30.2 Å². The SMILES string of the molecule is O=C(C[C@@H]1SC(=Nc2ccc(Cl)cc2)N(C[C@H]2CCCO2)C1=O)Nc1ccc(F)cc1. The van der Waals surface area contributed by atoms with Crippen molar-refractivity contribution in [2.24, 2.45) is 4.99 Å². The van der Waals surface area contributed by atoms with E-state index < -0.39 is 5.25 Å². The summed E-state index contributed by atoms with van der Waals surface area (Å²) < 4.78 is 18.8. The number of nitrogens with zero attached hydrogens (tertiary/aromatic N) is 2. The van der Waals surface area contributed by atoms with Gasteiger partial charge in [-0.1, -0.05) is 23.4 Å². The molecule has 0 aromatic heterocycles. The number of thioether (sulfide) groups is 1. The fraction of sp³-hybridized carbons (Fsp3) is 0.318. The first kappa shape index (κ1) is 21.8. The molecule has 0 saturated carbocycles. The number of hydrogen-bond donors (Lipinski definition) is 1. The monoisotopic (exact) mass is 461 g/mol. The molecule has 2 heterocycles. The van der Waals surface area contributed by atoms with Crippen LogP contribution in [0.25, 0.3) is 0 Å². The number of carbonyl (C=O) groups excluding carboxylic acids is 2. The summed E-state index contributed by atoms with van der Waals surface area (Å²) >= 11 is 7.22. The lowest BCUT2D eigenvalue weighted by Gasteiger charge is -2.20. The predicted molar refractivity (Wildman–Crippen MR) is 120 cm³/mol. The highest BCUT2D eigenvalue weighted by Gasteiger charge is 2.40. The second kappa shape index (κ2) is 9.80. The fourth-order valence-electron chi connectivity index (χ4n) is 3.42. The first-order chi connectivity index (χ1) is 15.0. The van der Waals surface area contributed by atoms with Crippen molar-refractivity contribution >= 4 is 51.7 Å². The first-order valence-electron chi connectivity index (χ1n) is 9.97. The van der Waals surface area contributed by atoms with Crippen LogP contribution in [0.1, 0.15) is 19.3 Å². The van der Waals surface area contributed by atoms with Crippen molar-refractivity contribution in [1.29, 1.82) is 0 Å². The summed E-state index contributed by atoms with van der Waals surface area (Å²) in [5, 5.41) is 3.26. The smallest absolute Gasteiger partial charge is 0.242 e. The molecule has 2 aliphatic rings. The second-order valence-corrected chi connectivity index (χ2v) is 8.93. The van der Waals surface area contributed by atoms with Crippen LogP contribution < -0.4 is 5.32 Å². The Morgan fingerprint density at radius 1 is 1.23 bits per heavy atom. The molecule has 2 atom stereocenters. The van der Waals surface area contributed by atoms with E-state index in [4.69, 9.17) is 16.3 Å². The molecule has 0 bridgehead atoms. The molecular formula is C22H21ClFN3O3S. The molecule has 1 N–H and O–H groups in total. The summed E-state index contributed by atoms with van der Waals surface area (Å²) in [4.78, 5) is 31.8. The summed E-state index contributed by atoms with van der Waals surface area (Å²) in [6.45, 7) is 1.10. The zero-order chi connectivity index (χ0) is 21.8. The van der Waals surface area contributed by atoms with Crippen LogP contribution in [0, 0.1) is 5.82 Å². The Kier molecular flexibility index (Phi) is 6.89. The maximum atomic E-state index is 13.1. The number of rotatable bonds is 6. The van der Waals surface area contributed by atoms with Gasteiger partial charge in [0.1, 0.15) is 11.1 Å². The molecule has 2 amide bonds. The van der Waals surface area contributed by atoms with Gasteiger partial charge in [0.2, 0.25) is 11.8 Å². The minimum Gasteiger partial charge on any atom is -0.376 e. The van der Waals surface area contributed by atoms with E-state index in [0.717, 1.165) is 12.8 Å². The highest BCUT2D eigenvalue weighted by molar-refractivity contribution is 8.15. The Labute approximate surface area is 188 Å². The van der Waals surface area contributed by atoms with Crippen molar-refractivity contribution in [2.45, 2.75) is 30.6 Å². The van der Waals surface area contributed by atoms with Crippen molar-refractivity contribution < 1.29 is 18.7 Å². The maximum Gasteiger partial charge on any atom is 0.242 e. The number of aliphatic imine (C=N–C) groups is 1. The number of amidine groups is 1. The quantitative estimate of drug-likeness (QED) is 0.681. The van der Waals surface area contributed by atoms with Crippen LogP contribution in [0.15, 0.2) is 53.5 Å². The number of nitrogens with one attached hydrogen (secondary N) is 1. The lowest BCUT2D eigenvalue weighted by molar-refractivity contribution is -0.129. The van der Waals surface area contributed by atoms with Crippen molar-refractivity contribution in [3.05, 3.63) is 59.4 Å². The number of ether oxygens (including phenoxy) is 1. The topological polar surface area (TPSA) is 71.0 Å². The molecule has 162 valence electrons. The van der Waals surface area contributed by atoms with Gasteiger partial charge >= 0.3 is 0 Å². The Balaban J connectivity index is 1.48. The molecule has 4 rings (SSSR count). The number of hydrogen-bond acceptors (Lipinski definition) is 5. The van der Waals surface area contributed by atoms with Gasteiger partial charge in [-0.3, -0.25) is 14.5 Å². The van der Waals surface area contributed by atoms with E-state index >= 15 is 0 Å². The van der Waals surface area contributed by atoms with Crippen LogP contribution in [0.4, 0.5) is 15.8 Å². The van der Waals surface area contributed by atoms with E-state index in [0.29, 0.717) is 34.7 Å². The molecule has 9 heteroatoms. The normalized spacial score (nSPS) is 22.3. The van der Waals surface area contributed by atoms with Crippen molar-refractivity contribution in [3.63, 3.8) is 0 Å². The van der Waals surface area contributed by atoms with Crippen LogP contribution >= 0.6 is 23.4 Å². The minimum atomic E-state index is -0.590. The average Bonchev–Trinajstić information content (AvgIpc) is 3.36. The third-order valence-corrected chi connectivity index (χ3v) is 6.41. The fourth-order valence-corrected chi connectivity index (χ4v) is 4.72. The maximum absolute atomic E-state index is 13.1. The van der Waals surface area contributed by atoms with Crippen molar-refractivity contribution in [2.75, 3.05) is 18.5 Å². The van der Waals surface area contributed by atoms with Gasteiger partial charge in [-0.15, -0.1) is 0 Å². The number of anilines is 1. The molecule has 0 aliphatic carbocycles. The van der Waals surface area contributed by atoms with E-state index in [1.165, 1.54) is 36.0 Å². The Morgan fingerprint density at radius 3 is 2.65 bits per heavy atom. The van der Waals surface area contributed by atoms with Gasteiger partial charge < -0.3 is 10.1 Å². The highest BCUT2D eigenvalue weighted by atomic mass is 35.5. The summed E-state index contributed by atoms with van der Waals surface area (Å²) in [7, 11) is 0.